The normalized spacial score (nSPS) is 16.5. The van der Waals surface area contributed by atoms with Crippen LogP contribution in [0.5, 0.6) is 0 Å². The first-order chi connectivity index (χ1) is 14.8. The average Bonchev–Trinajstić information content (AvgIpc) is 2.75. The van der Waals surface area contributed by atoms with Crippen molar-refractivity contribution in [3.8, 4) is 0 Å². The lowest BCUT2D eigenvalue weighted by atomic mass is 9.92. The van der Waals surface area contributed by atoms with Crippen molar-refractivity contribution in [1.29, 1.82) is 0 Å². The molecule has 1 N–H and O–H groups in total. The number of alkyl halides is 3. The second-order valence-corrected chi connectivity index (χ2v) is 8.07. The smallest absolute Gasteiger partial charge is 0.381 e. The van der Waals surface area contributed by atoms with E-state index in [1.54, 1.807) is 6.07 Å². The quantitative estimate of drug-likeness (QED) is 0.573. The zero-order valence-corrected chi connectivity index (χ0v) is 17.8. The Balaban J connectivity index is 1.70. The predicted molar refractivity (Wildman–Crippen MR) is 113 cm³/mol. The Morgan fingerprint density at radius 2 is 1.87 bits per heavy atom. The van der Waals surface area contributed by atoms with Gasteiger partial charge in [-0.3, -0.25) is 4.98 Å². The highest BCUT2D eigenvalue weighted by molar-refractivity contribution is 5.90. The number of aryl methyl sites for hydroxylation is 1. The number of halogens is 3. The Bertz CT molecular complexity index is 1090. The van der Waals surface area contributed by atoms with Gasteiger partial charge in [0.25, 0.3) is 0 Å². The summed E-state index contributed by atoms with van der Waals surface area (Å²) >= 11 is 0. The van der Waals surface area contributed by atoms with E-state index in [2.05, 4.69) is 26.6 Å². The van der Waals surface area contributed by atoms with Crippen molar-refractivity contribution >= 4 is 16.7 Å². The van der Waals surface area contributed by atoms with E-state index in [1.165, 1.54) is 13.0 Å². The standard InChI is InChI=1S/C23H25F3N4O/c1-13-18(5-4-6-20(13)23(24,25)26)14(2)28-22-19-11-17(16-7-9-31-10-8-16)12-27-21(19)15(3)29-30-22/h4-6,11-12,14,16H,7-10H2,1-3H3,(H,28,30)/t14-/m1/s1. The summed E-state index contributed by atoms with van der Waals surface area (Å²) in [7, 11) is 0. The highest BCUT2D eigenvalue weighted by atomic mass is 19.4. The van der Waals surface area contributed by atoms with Gasteiger partial charge in [-0.25, -0.2) is 0 Å². The third kappa shape index (κ3) is 4.35. The van der Waals surface area contributed by atoms with Crippen LogP contribution in [0.15, 0.2) is 30.5 Å². The summed E-state index contributed by atoms with van der Waals surface area (Å²) in [6.07, 6.45) is -0.629. The molecule has 0 saturated carbocycles. The van der Waals surface area contributed by atoms with E-state index in [1.807, 2.05) is 20.0 Å². The van der Waals surface area contributed by atoms with Crippen molar-refractivity contribution < 1.29 is 17.9 Å². The number of ether oxygens (including phenoxy) is 1. The predicted octanol–water partition coefficient (Wildman–Crippen LogP) is 5.73. The number of pyridine rings is 1. The molecule has 1 aliphatic heterocycles. The number of hydrogen-bond donors (Lipinski definition) is 1. The number of aromatic nitrogens is 3. The topological polar surface area (TPSA) is 59.9 Å². The molecule has 1 saturated heterocycles. The Kier molecular flexibility index (Phi) is 5.83. The molecule has 0 bridgehead atoms. The van der Waals surface area contributed by atoms with Crippen molar-refractivity contribution in [3.05, 3.63) is 58.4 Å². The maximum Gasteiger partial charge on any atom is 0.416 e. The first kappa shape index (κ1) is 21.5. The van der Waals surface area contributed by atoms with Gasteiger partial charge in [0.05, 0.1) is 22.8 Å². The van der Waals surface area contributed by atoms with E-state index < -0.39 is 17.8 Å². The van der Waals surface area contributed by atoms with Crippen molar-refractivity contribution in [2.24, 2.45) is 0 Å². The summed E-state index contributed by atoms with van der Waals surface area (Å²) in [5.41, 5.74) is 2.72. The SMILES string of the molecule is Cc1c([C@@H](C)Nc2nnc(C)c3ncc(C4CCOCC4)cc23)cccc1C(F)(F)F. The van der Waals surface area contributed by atoms with Gasteiger partial charge in [-0.2, -0.15) is 18.3 Å². The van der Waals surface area contributed by atoms with Crippen LogP contribution in [0.4, 0.5) is 19.0 Å². The number of benzene rings is 1. The molecule has 3 heterocycles. The molecule has 2 aromatic heterocycles. The number of nitrogens with one attached hydrogen (secondary N) is 1. The van der Waals surface area contributed by atoms with Crippen molar-refractivity contribution in [2.75, 3.05) is 18.5 Å². The van der Waals surface area contributed by atoms with Gasteiger partial charge >= 0.3 is 6.18 Å². The first-order valence-electron chi connectivity index (χ1n) is 10.4. The molecule has 3 aromatic rings. The Labute approximate surface area is 179 Å². The lowest BCUT2D eigenvalue weighted by Crippen LogP contribution is -2.15. The van der Waals surface area contributed by atoms with Crippen LogP contribution in [0.1, 0.15) is 59.7 Å². The highest BCUT2D eigenvalue weighted by Gasteiger charge is 2.33. The molecule has 5 nitrogen and oxygen atoms in total. The molecule has 4 rings (SSSR count). The fraction of sp³-hybridized carbons (Fsp3) is 0.435. The summed E-state index contributed by atoms with van der Waals surface area (Å²) in [6, 6.07) is 5.93. The average molecular weight is 430 g/mol. The summed E-state index contributed by atoms with van der Waals surface area (Å²) in [5.74, 6) is 0.890. The molecule has 0 unspecified atom stereocenters. The van der Waals surface area contributed by atoms with Crippen LogP contribution in [0.25, 0.3) is 10.9 Å². The molecule has 1 fully saturated rings. The van der Waals surface area contributed by atoms with Gasteiger partial charge in [0.2, 0.25) is 0 Å². The minimum atomic E-state index is -4.39. The van der Waals surface area contributed by atoms with E-state index in [9.17, 15) is 13.2 Å². The zero-order chi connectivity index (χ0) is 22.2. The molecule has 1 aromatic carbocycles. The lowest BCUT2D eigenvalue weighted by molar-refractivity contribution is -0.138. The third-order valence-electron chi connectivity index (χ3n) is 6.00. The Hall–Kier alpha value is -2.74. The highest BCUT2D eigenvalue weighted by Crippen LogP contribution is 2.36. The summed E-state index contributed by atoms with van der Waals surface area (Å²) in [5, 5.41) is 12.6. The van der Waals surface area contributed by atoms with Crippen LogP contribution in [0.3, 0.4) is 0 Å². The number of fused-ring (bicyclic) bond motifs is 1. The maximum atomic E-state index is 13.3. The molecule has 0 spiro atoms. The number of hydrogen-bond acceptors (Lipinski definition) is 5. The summed E-state index contributed by atoms with van der Waals surface area (Å²) in [4.78, 5) is 4.63. The van der Waals surface area contributed by atoms with E-state index >= 15 is 0 Å². The van der Waals surface area contributed by atoms with Crippen molar-refractivity contribution in [1.82, 2.24) is 15.2 Å². The third-order valence-corrected chi connectivity index (χ3v) is 6.00. The molecule has 164 valence electrons. The van der Waals surface area contributed by atoms with Crippen LogP contribution in [-0.4, -0.2) is 28.4 Å². The van der Waals surface area contributed by atoms with E-state index in [0.717, 1.165) is 48.6 Å². The van der Waals surface area contributed by atoms with Gasteiger partial charge in [-0.15, -0.1) is 5.10 Å². The fourth-order valence-corrected chi connectivity index (χ4v) is 4.25. The summed E-state index contributed by atoms with van der Waals surface area (Å²) < 4.78 is 45.5. The Morgan fingerprint density at radius 1 is 1.13 bits per heavy atom. The molecular weight excluding hydrogens is 405 g/mol. The molecule has 1 aliphatic rings. The number of nitrogens with zero attached hydrogens (tertiary/aromatic N) is 3. The van der Waals surface area contributed by atoms with Crippen LogP contribution in [-0.2, 0) is 10.9 Å². The molecule has 0 amide bonds. The van der Waals surface area contributed by atoms with Crippen LogP contribution >= 0.6 is 0 Å². The van der Waals surface area contributed by atoms with Crippen LogP contribution in [0.2, 0.25) is 0 Å². The molecule has 1 atom stereocenters. The van der Waals surface area contributed by atoms with Crippen molar-refractivity contribution in [3.63, 3.8) is 0 Å². The molecular formula is C23H25F3N4O. The van der Waals surface area contributed by atoms with E-state index in [-0.39, 0.29) is 5.56 Å². The van der Waals surface area contributed by atoms with Crippen LogP contribution in [0, 0.1) is 13.8 Å². The Morgan fingerprint density at radius 3 is 2.58 bits per heavy atom. The molecule has 8 heteroatoms. The summed E-state index contributed by atoms with van der Waals surface area (Å²) in [6.45, 7) is 6.63. The largest absolute Gasteiger partial charge is 0.416 e. The zero-order valence-electron chi connectivity index (χ0n) is 17.8. The molecule has 0 radical (unpaired) electrons. The second kappa shape index (κ2) is 8.42. The lowest BCUT2D eigenvalue weighted by Gasteiger charge is -2.23. The van der Waals surface area contributed by atoms with Gasteiger partial charge < -0.3 is 10.1 Å². The maximum absolute atomic E-state index is 13.3. The van der Waals surface area contributed by atoms with Crippen molar-refractivity contribution in [2.45, 2.75) is 51.7 Å². The minimum Gasteiger partial charge on any atom is -0.381 e. The molecule has 0 aliphatic carbocycles. The van der Waals surface area contributed by atoms with E-state index in [4.69, 9.17) is 4.74 Å². The number of rotatable bonds is 4. The van der Waals surface area contributed by atoms with Gasteiger partial charge in [0.15, 0.2) is 5.82 Å². The van der Waals surface area contributed by atoms with E-state index in [0.29, 0.717) is 23.0 Å². The van der Waals surface area contributed by atoms with Gasteiger partial charge in [-0.05, 0) is 68.4 Å². The fourth-order valence-electron chi connectivity index (χ4n) is 4.25. The van der Waals surface area contributed by atoms with Gasteiger partial charge in [-0.1, -0.05) is 12.1 Å². The minimum absolute atomic E-state index is 0.209. The second-order valence-electron chi connectivity index (χ2n) is 8.07. The van der Waals surface area contributed by atoms with Gasteiger partial charge in [0.1, 0.15) is 0 Å². The monoisotopic (exact) mass is 430 g/mol. The number of anilines is 1. The van der Waals surface area contributed by atoms with Gasteiger partial charge in [0, 0.05) is 24.8 Å². The molecule has 31 heavy (non-hydrogen) atoms. The first-order valence-corrected chi connectivity index (χ1v) is 10.4. The van der Waals surface area contributed by atoms with Crippen LogP contribution < -0.4 is 5.32 Å².